The predicted octanol–water partition coefficient (Wildman–Crippen LogP) is 2.25. The van der Waals surface area contributed by atoms with Gasteiger partial charge in [-0.3, -0.25) is 0 Å². The molecule has 0 spiro atoms. The molecule has 102 valence electrons. The van der Waals surface area contributed by atoms with Crippen LogP contribution in [0.4, 0.5) is 14.6 Å². The Morgan fingerprint density at radius 3 is 2.65 bits per heavy atom. The Morgan fingerprint density at radius 2 is 1.90 bits per heavy atom. The van der Waals surface area contributed by atoms with Crippen LogP contribution >= 0.6 is 0 Å². The van der Waals surface area contributed by atoms with Crippen molar-refractivity contribution in [2.75, 3.05) is 5.32 Å². The number of rotatable bonds is 3. The maximum Gasteiger partial charge on any atom is 0.312 e. The number of hydrogen-bond donors (Lipinski definition) is 1. The molecule has 1 N–H and O–H groups in total. The number of anilines is 1. The molecule has 0 radical (unpaired) electrons. The molecule has 0 aliphatic carbocycles. The molecule has 1 aromatic carbocycles. The second-order valence-corrected chi connectivity index (χ2v) is 4.35. The molecule has 7 heteroatoms. The molecule has 2 heterocycles. The van der Waals surface area contributed by atoms with Crippen molar-refractivity contribution in [2.45, 2.75) is 6.54 Å². The van der Waals surface area contributed by atoms with Crippen LogP contribution in [0.25, 0.3) is 11.2 Å². The number of halogens is 2. The minimum atomic E-state index is -0.817. The van der Waals surface area contributed by atoms with E-state index in [-0.39, 0.29) is 5.82 Å². The zero-order valence-electron chi connectivity index (χ0n) is 10.6. The predicted molar refractivity (Wildman–Crippen MR) is 70.0 cm³/mol. The van der Waals surface area contributed by atoms with Crippen LogP contribution in [0, 0.1) is 11.9 Å². The number of nitrogens with zero attached hydrogens (tertiary/aromatic N) is 4. The molecular weight excluding hydrogens is 264 g/mol. The molecule has 0 aliphatic heterocycles. The molecule has 0 unspecified atom stereocenters. The lowest BCUT2D eigenvalue weighted by Crippen LogP contribution is -2.05. The van der Waals surface area contributed by atoms with E-state index >= 15 is 0 Å². The molecule has 3 aromatic rings. The molecule has 20 heavy (non-hydrogen) atoms. The van der Waals surface area contributed by atoms with Crippen LogP contribution in [-0.4, -0.2) is 19.5 Å². The minimum absolute atomic E-state index is 0.297. The summed E-state index contributed by atoms with van der Waals surface area (Å²) in [7, 11) is 1.73. The summed E-state index contributed by atoms with van der Waals surface area (Å²) in [6.45, 7) is 0.391. The first kappa shape index (κ1) is 12.5. The molecular formula is C13H11F2N5. The van der Waals surface area contributed by atoms with Crippen LogP contribution in [0.2, 0.25) is 0 Å². The molecule has 0 aliphatic rings. The first-order chi connectivity index (χ1) is 9.63. The number of nitrogens with one attached hydrogen (secondary N) is 1. The zero-order valence-corrected chi connectivity index (χ0v) is 10.6. The van der Waals surface area contributed by atoms with Crippen LogP contribution in [0.5, 0.6) is 0 Å². The molecule has 0 amide bonds. The van der Waals surface area contributed by atoms with E-state index in [0.29, 0.717) is 23.5 Å². The number of imidazole rings is 1. The summed E-state index contributed by atoms with van der Waals surface area (Å²) < 4.78 is 27.8. The summed E-state index contributed by atoms with van der Waals surface area (Å²) in [6, 6.07) is 6.03. The van der Waals surface area contributed by atoms with Crippen molar-refractivity contribution in [1.82, 2.24) is 19.5 Å². The summed E-state index contributed by atoms with van der Waals surface area (Å²) in [5.74, 6) is 0.0198. The van der Waals surface area contributed by atoms with Gasteiger partial charge in [-0.15, -0.1) is 0 Å². The van der Waals surface area contributed by atoms with Gasteiger partial charge in [0.2, 0.25) is 0 Å². The van der Waals surface area contributed by atoms with Crippen LogP contribution in [-0.2, 0) is 13.6 Å². The zero-order chi connectivity index (χ0) is 14.1. The van der Waals surface area contributed by atoms with Gasteiger partial charge in [0.25, 0.3) is 0 Å². The Morgan fingerprint density at radius 1 is 1.15 bits per heavy atom. The molecule has 0 fully saturated rings. The monoisotopic (exact) mass is 275 g/mol. The lowest BCUT2D eigenvalue weighted by Gasteiger charge is -2.06. The van der Waals surface area contributed by atoms with E-state index in [4.69, 9.17) is 0 Å². The third-order valence-electron chi connectivity index (χ3n) is 2.91. The first-order valence-electron chi connectivity index (χ1n) is 5.96. The van der Waals surface area contributed by atoms with Crippen LogP contribution in [0.3, 0.4) is 0 Å². The Labute approximate surface area is 113 Å². The summed E-state index contributed by atoms with van der Waals surface area (Å²) in [5, 5.41) is 2.99. The minimum Gasteiger partial charge on any atom is -0.364 e. The molecule has 0 saturated carbocycles. The average molecular weight is 275 g/mol. The van der Waals surface area contributed by atoms with Crippen molar-refractivity contribution in [2.24, 2.45) is 7.05 Å². The third kappa shape index (κ3) is 2.29. The summed E-state index contributed by atoms with van der Waals surface area (Å²) in [5.41, 5.74) is 1.77. The van der Waals surface area contributed by atoms with Crippen LogP contribution in [0.15, 0.2) is 30.6 Å². The van der Waals surface area contributed by atoms with Crippen molar-refractivity contribution < 1.29 is 8.78 Å². The van der Waals surface area contributed by atoms with Gasteiger partial charge in [0.15, 0.2) is 17.0 Å². The van der Waals surface area contributed by atoms with E-state index in [1.807, 2.05) is 0 Å². The van der Waals surface area contributed by atoms with E-state index in [1.165, 1.54) is 12.1 Å². The van der Waals surface area contributed by atoms with Gasteiger partial charge in [0, 0.05) is 13.6 Å². The van der Waals surface area contributed by atoms with Crippen molar-refractivity contribution in [3.63, 3.8) is 0 Å². The number of fused-ring (bicyclic) bond motifs is 1. The van der Waals surface area contributed by atoms with Gasteiger partial charge in [0.1, 0.15) is 5.82 Å². The molecule has 0 atom stereocenters. The molecule has 0 bridgehead atoms. The van der Waals surface area contributed by atoms with Crippen LogP contribution in [0.1, 0.15) is 5.56 Å². The van der Waals surface area contributed by atoms with Gasteiger partial charge in [-0.2, -0.15) is 14.4 Å². The smallest absolute Gasteiger partial charge is 0.312 e. The number of benzene rings is 1. The molecule has 3 rings (SSSR count). The van der Waals surface area contributed by atoms with Gasteiger partial charge in [-0.05, 0) is 17.7 Å². The van der Waals surface area contributed by atoms with Crippen molar-refractivity contribution in [3.05, 3.63) is 48.1 Å². The van der Waals surface area contributed by atoms with Crippen molar-refractivity contribution in [1.29, 1.82) is 0 Å². The second kappa shape index (κ2) is 4.84. The van der Waals surface area contributed by atoms with Crippen LogP contribution < -0.4 is 5.32 Å². The highest BCUT2D eigenvalue weighted by Gasteiger charge is 2.11. The van der Waals surface area contributed by atoms with Crippen molar-refractivity contribution in [3.8, 4) is 0 Å². The fraction of sp³-hybridized carbons (Fsp3) is 0.154. The quantitative estimate of drug-likeness (QED) is 0.745. The summed E-state index contributed by atoms with van der Waals surface area (Å²) in [4.78, 5) is 11.5. The Bertz CT molecular complexity index is 751. The maximum atomic E-state index is 13.4. The lowest BCUT2D eigenvalue weighted by atomic mass is 10.2. The van der Waals surface area contributed by atoms with E-state index < -0.39 is 6.08 Å². The average Bonchev–Trinajstić information content (AvgIpc) is 2.80. The highest BCUT2D eigenvalue weighted by molar-refractivity contribution is 5.82. The Hall–Kier alpha value is -2.57. The highest BCUT2D eigenvalue weighted by atomic mass is 19.1. The number of aryl methyl sites for hydroxylation is 1. The topological polar surface area (TPSA) is 55.6 Å². The van der Waals surface area contributed by atoms with E-state index in [0.717, 1.165) is 5.56 Å². The SMILES string of the molecule is Cn1cnc2c(NCc3ccc(F)cc3)nc(F)nc21. The normalized spacial score (nSPS) is 10.9. The largest absolute Gasteiger partial charge is 0.364 e. The Kier molecular flexibility index (Phi) is 3.02. The lowest BCUT2D eigenvalue weighted by molar-refractivity contribution is 0.543. The van der Waals surface area contributed by atoms with E-state index in [2.05, 4.69) is 20.3 Å². The van der Waals surface area contributed by atoms with E-state index in [1.54, 1.807) is 30.1 Å². The van der Waals surface area contributed by atoms with Gasteiger partial charge in [-0.1, -0.05) is 12.1 Å². The molecule has 5 nitrogen and oxygen atoms in total. The fourth-order valence-corrected chi connectivity index (χ4v) is 1.89. The number of hydrogen-bond acceptors (Lipinski definition) is 4. The Balaban J connectivity index is 1.89. The number of aromatic nitrogens is 4. The highest BCUT2D eigenvalue weighted by Crippen LogP contribution is 2.18. The summed E-state index contributed by atoms with van der Waals surface area (Å²) in [6.07, 6.45) is 0.727. The maximum absolute atomic E-state index is 13.4. The standard InChI is InChI=1S/C13H11F2N5/c1-20-7-17-10-11(18-13(15)19-12(10)20)16-6-8-2-4-9(14)5-3-8/h2-5,7H,6H2,1H3,(H,16,18,19). The van der Waals surface area contributed by atoms with Gasteiger partial charge >= 0.3 is 6.08 Å². The summed E-state index contributed by atoms with van der Waals surface area (Å²) >= 11 is 0. The molecule has 0 saturated heterocycles. The molecule has 2 aromatic heterocycles. The third-order valence-corrected chi connectivity index (χ3v) is 2.91. The van der Waals surface area contributed by atoms with Gasteiger partial charge < -0.3 is 9.88 Å². The first-order valence-corrected chi connectivity index (χ1v) is 5.96. The second-order valence-electron chi connectivity index (χ2n) is 4.35. The van der Waals surface area contributed by atoms with Gasteiger partial charge in [-0.25, -0.2) is 9.37 Å². The van der Waals surface area contributed by atoms with E-state index in [9.17, 15) is 8.78 Å². The fourth-order valence-electron chi connectivity index (χ4n) is 1.89. The van der Waals surface area contributed by atoms with Crippen molar-refractivity contribution >= 4 is 17.0 Å². The van der Waals surface area contributed by atoms with Gasteiger partial charge in [0.05, 0.1) is 6.33 Å².